The molecule has 1 saturated heterocycles. The molecule has 9 nitrogen and oxygen atoms in total. The fraction of sp³-hybridized carbons (Fsp3) is 0.389. The molecular weight excluding hydrogens is 350 g/mol. The lowest BCUT2D eigenvalue weighted by molar-refractivity contribution is -0.0950. The summed E-state index contributed by atoms with van der Waals surface area (Å²) >= 11 is 0. The first-order chi connectivity index (χ1) is 12.9. The Hall–Kier alpha value is -2.59. The molecule has 1 aliphatic heterocycles. The zero-order valence-corrected chi connectivity index (χ0v) is 14.9. The summed E-state index contributed by atoms with van der Waals surface area (Å²) in [6.45, 7) is 3.05. The second kappa shape index (κ2) is 6.54. The molecule has 0 aliphatic carbocycles. The van der Waals surface area contributed by atoms with Crippen molar-refractivity contribution < 1.29 is 20.1 Å². The van der Waals surface area contributed by atoms with E-state index < -0.39 is 30.6 Å². The van der Waals surface area contributed by atoms with Gasteiger partial charge in [0.05, 0.1) is 12.9 Å². The Morgan fingerprint density at radius 1 is 1.30 bits per heavy atom. The quantitative estimate of drug-likeness (QED) is 0.533. The molecule has 3 heterocycles. The molecule has 0 spiro atoms. The van der Waals surface area contributed by atoms with E-state index in [1.54, 1.807) is 0 Å². The van der Waals surface area contributed by atoms with Gasteiger partial charge in [-0.05, 0) is 31.5 Å². The lowest BCUT2D eigenvalue weighted by atomic mass is 9.96. The summed E-state index contributed by atoms with van der Waals surface area (Å²) in [4.78, 5) is 12.9. The van der Waals surface area contributed by atoms with Crippen LogP contribution in [0.3, 0.4) is 0 Å². The van der Waals surface area contributed by atoms with Crippen molar-refractivity contribution in [2.75, 3.05) is 11.9 Å². The van der Waals surface area contributed by atoms with Crippen molar-refractivity contribution in [2.24, 2.45) is 0 Å². The monoisotopic (exact) mass is 371 g/mol. The number of anilines is 2. The van der Waals surface area contributed by atoms with E-state index in [9.17, 15) is 15.3 Å². The van der Waals surface area contributed by atoms with Crippen LogP contribution in [0.2, 0.25) is 0 Å². The molecule has 27 heavy (non-hydrogen) atoms. The van der Waals surface area contributed by atoms with Gasteiger partial charge in [0.25, 0.3) is 0 Å². The molecule has 4 N–H and O–H groups in total. The molecule has 0 amide bonds. The molecule has 0 radical (unpaired) electrons. The molecule has 1 fully saturated rings. The van der Waals surface area contributed by atoms with E-state index in [0.29, 0.717) is 17.0 Å². The van der Waals surface area contributed by atoms with Gasteiger partial charge < -0.3 is 25.4 Å². The van der Waals surface area contributed by atoms with Crippen LogP contribution in [0.4, 0.5) is 11.5 Å². The molecule has 4 rings (SSSR count). The molecule has 2 aromatic heterocycles. The van der Waals surface area contributed by atoms with Crippen molar-refractivity contribution in [1.82, 2.24) is 19.5 Å². The number of aryl methyl sites for hydroxylation is 1. The van der Waals surface area contributed by atoms with E-state index in [2.05, 4.69) is 20.3 Å². The van der Waals surface area contributed by atoms with Crippen molar-refractivity contribution >= 4 is 22.7 Å². The van der Waals surface area contributed by atoms with Crippen LogP contribution in [-0.4, -0.2) is 59.3 Å². The summed E-state index contributed by atoms with van der Waals surface area (Å²) in [5.41, 5.74) is 1.30. The number of rotatable bonds is 4. The fourth-order valence-electron chi connectivity index (χ4n) is 3.36. The van der Waals surface area contributed by atoms with Gasteiger partial charge in [0.1, 0.15) is 24.1 Å². The minimum Gasteiger partial charge on any atom is -0.394 e. The van der Waals surface area contributed by atoms with Crippen molar-refractivity contribution in [2.45, 2.75) is 37.9 Å². The van der Waals surface area contributed by atoms with E-state index >= 15 is 0 Å². The first-order valence-electron chi connectivity index (χ1n) is 8.60. The Labute approximate surface area is 155 Å². The fourth-order valence-corrected chi connectivity index (χ4v) is 3.36. The maximum atomic E-state index is 10.7. The van der Waals surface area contributed by atoms with Crippen molar-refractivity contribution in [3.63, 3.8) is 0 Å². The van der Waals surface area contributed by atoms with Gasteiger partial charge in [0, 0.05) is 5.69 Å². The van der Waals surface area contributed by atoms with Crippen molar-refractivity contribution in [3.05, 3.63) is 42.5 Å². The molecule has 0 bridgehead atoms. The number of benzene rings is 1. The first-order valence-corrected chi connectivity index (χ1v) is 8.60. The lowest BCUT2D eigenvalue weighted by Gasteiger charge is -2.27. The number of aliphatic hydroxyl groups is 3. The van der Waals surface area contributed by atoms with Crippen LogP contribution in [0.5, 0.6) is 0 Å². The van der Waals surface area contributed by atoms with Gasteiger partial charge in [-0.3, -0.25) is 4.57 Å². The molecule has 1 aromatic carbocycles. The molecule has 1 aliphatic rings. The van der Waals surface area contributed by atoms with Crippen LogP contribution in [0.15, 0.2) is 36.9 Å². The molecule has 9 heteroatoms. The number of fused-ring (bicyclic) bond motifs is 1. The van der Waals surface area contributed by atoms with Crippen molar-refractivity contribution in [3.8, 4) is 0 Å². The van der Waals surface area contributed by atoms with Gasteiger partial charge in [0.2, 0.25) is 0 Å². The van der Waals surface area contributed by atoms with Gasteiger partial charge in [-0.2, -0.15) is 0 Å². The topological polar surface area (TPSA) is 126 Å². The Morgan fingerprint density at radius 3 is 2.81 bits per heavy atom. The maximum Gasteiger partial charge on any atom is 0.168 e. The number of ether oxygens (including phenoxy) is 1. The highest BCUT2D eigenvalue weighted by Gasteiger charge is 2.53. The molecule has 0 unspecified atom stereocenters. The van der Waals surface area contributed by atoms with Crippen LogP contribution >= 0.6 is 0 Å². The number of aromatic nitrogens is 4. The van der Waals surface area contributed by atoms with E-state index in [-0.39, 0.29) is 0 Å². The average Bonchev–Trinajstić information content (AvgIpc) is 3.15. The third-order valence-corrected chi connectivity index (χ3v) is 4.83. The largest absolute Gasteiger partial charge is 0.394 e. The number of nitrogens with zero attached hydrogens (tertiary/aromatic N) is 4. The second-order valence-electron chi connectivity index (χ2n) is 6.92. The van der Waals surface area contributed by atoms with E-state index in [1.165, 1.54) is 24.1 Å². The first kappa shape index (κ1) is 17.8. The highest BCUT2D eigenvalue weighted by Crippen LogP contribution is 2.39. The maximum absolute atomic E-state index is 10.7. The molecule has 142 valence electrons. The van der Waals surface area contributed by atoms with Gasteiger partial charge >= 0.3 is 0 Å². The number of imidazole rings is 1. The smallest absolute Gasteiger partial charge is 0.168 e. The highest BCUT2D eigenvalue weighted by atomic mass is 16.6. The number of nitrogens with one attached hydrogen (secondary N) is 1. The summed E-state index contributed by atoms with van der Waals surface area (Å²) < 4.78 is 7.20. The van der Waals surface area contributed by atoms with Gasteiger partial charge in [-0.15, -0.1) is 0 Å². The van der Waals surface area contributed by atoms with Crippen LogP contribution < -0.4 is 5.32 Å². The van der Waals surface area contributed by atoms with E-state index in [1.807, 2.05) is 31.2 Å². The Morgan fingerprint density at radius 2 is 2.11 bits per heavy atom. The minimum absolute atomic E-state index is 0.407. The SMILES string of the molecule is Cc1cccc(Nc2ncnc3c2ncn3[C@@H]2O[C@H](CO)[C@@H](O)[C@@]2(C)O)c1. The highest BCUT2D eigenvalue weighted by molar-refractivity contribution is 5.85. The molecule has 3 aromatic rings. The van der Waals surface area contributed by atoms with Gasteiger partial charge in [-0.25, -0.2) is 15.0 Å². The minimum atomic E-state index is -1.61. The third kappa shape index (κ3) is 2.94. The predicted molar refractivity (Wildman–Crippen MR) is 97.4 cm³/mol. The third-order valence-electron chi connectivity index (χ3n) is 4.83. The molecule has 0 saturated carbocycles. The standard InChI is InChI=1S/C18H21N5O4/c1-10-4-3-5-11(6-10)22-15-13-16(20-8-19-15)23(9-21-13)17-18(2,26)14(25)12(7-24)27-17/h3-6,8-9,12,14,17,24-26H,7H2,1-2H3,(H,19,20,22)/t12-,14-,17-,18-/m1/s1. The van der Waals surface area contributed by atoms with Gasteiger partial charge in [-0.1, -0.05) is 12.1 Å². The predicted octanol–water partition coefficient (Wildman–Crippen LogP) is 0.880. The summed E-state index contributed by atoms with van der Waals surface area (Å²) in [5, 5.41) is 33.5. The lowest BCUT2D eigenvalue weighted by Crippen LogP contribution is -2.44. The summed E-state index contributed by atoms with van der Waals surface area (Å²) in [5.74, 6) is 0.515. The Bertz CT molecular complexity index is 973. The number of hydrogen-bond donors (Lipinski definition) is 4. The zero-order chi connectivity index (χ0) is 19.2. The van der Waals surface area contributed by atoms with Crippen molar-refractivity contribution in [1.29, 1.82) is 0 Å². The van der Waals surface area contributed by atoms with Crippen LogP contribution in [-0.2, 0) is 4.74 Å². The zero-order valence-electron chi connectivity index (χ0n) is 14.9. The Balaban J connectivity index is 1.73. The van der Waals surface area contributed by atoms with Crippen LogP contribution in [0, 0.1) is 6.92 Å². The summed E-state index contributed by atoms with van der Waals surface area (Å²) in [6.07, 6.45) is -0.212. The Kier molecular flexibility index (Phi) is 4.31. The summed E-state index contributed by atoms with van der Waals surface area (Å²) in [6, 6.07) is 7.84. The van der Waals surface area contributed by atoms with Crippen LogP contribution in [0.25, 0.3) is 11.2 Å². The normalized spacial score (nSPS) is 28.0. The summed E-state index contributed by atoms with van der Waals surface area (Å²) in [7, 11) is 0. The van der Waals surface area contributed by atoms with Gasteiger partial charge in [0.15, 0.2) is 23.2 Å². The van der Waals surface area contributed by atoms with Crippen LogP contribution in [0.1, 0.15) is 18.7 Å². The molecular formula is C18H21N5O4. The second-order valence-corrected chi connectivity index (χ2v) is 6.92. The average molecular weight is 371 g/mol. The number of hydrogen-bond acceptors (Lipinski definition) is 8. The van der Waals surface area contributed by atoms with E-state index in [0.717, 1.165) is 11.3 Å². The molecule has 4 atom stereocenters. The number of aliphatic hydroxyl groups excluding tert-OH is 2. The van der Waals surface area contributed by atoms with E-state index in [4.69, 9.17) is 4.74 Å².